The van der Waals surface area contributed by atoms with Gasteiger partial charge in [0, 0.05) is 5.56 Å². The molecule has 3 nitrogen and oxygen atoms in total. The molecule has 0 unspecified atom stereocenters. The molecule has 0 aliphatic heterocycles. The largest absolute Gasteiger partial charge is 0.381 e. The van der Waals surface area contributed by atoms with Crippen LogP contribution in [0.1, 0.15) is 31.1 Å². The Labute approximate surface area is 66.6 Å². The Hall–Kier alpha value is -0.990. The van der Waals surface area contributed by atoms with Gasteiger partial charge in [0.2, 0.25) is 0 Å². The van der Waals surface area contributed by atoms with Crippen molar-refractivity contribution in [3.63, 3.8) is 0 Å². The molecule has 0 atom stereocenters. The van der Waals surface area contributed by atoms with Crippen molar-refractivity contribution in [2.24, 2.45) is 0 Å². The van der Waals surface area contributed by atoms with Gasteiger partial charge < -0.3 is 10.3 Å². The first kappa shape index (κ1) is 8.11. The topological polar surface area (TPSA) is 52.0 Å². The second kappa shape index (κ2) is 3.42. The Morgan fingerprint density at radius 2 is 2.27 bits per heavy atom. The second-order valence-electron chi connectivity index (χ2n) is 2.71. The molecule has 0 spiro atoms. The van der Waals surface area contributed by atoms with Gasteiger partial charge >= 0.3 is 0 Å². The molecule has 0 aliphatic rings. The Kier molecular flexibility index (Phi) is 2.52. The number of unbranched alkanes of at least 4 members (excludes halogenated alkanes) is 1. The fraction of sp³-hybridized carbons (Fsp3) is 0.625. The maximum absolute atomic E-state index is 5.58. The maximum atomic E-state index is 5.58. The zero-order valence-corrected chi connectivity index (χ0v) is 7.05. The van der Waals surface area contributed by atoms with E-state index in [-0.39, 0.29) is 0 Å². The van der Waals surface area contributed by atoms with Gasteiger partial charge in [0.15, 0.2) is 5.82 Å². The monoisotopic (exact) mass is 154 g/mol. The molecule has 11 heavy (non-hydrogen) atoms. The van der Waals surface area contributed by atoms with Crippen molar-refractivity contribution in [3.05, 3.63) is 11.3 Å². The minimum atomic E-state index is 0.552. The molecule has 1 aromatic heterocycles. The number of nitrogens with two attached hydrogens (primary N) is 1. The van der Waals surface area contributed by atoms with Crippen LogP contribution in [0.4, 0.5) is 5.82 Å². The van der Waals surface area contributed by atoms with Gasteiger partial charge in [-0.25, -0.2) is 0 Å². The van der Waals surface area contributed by atoms with Crippen LogP contribution in [0.15, 0.2) is 4.52 Å². The first-order valence-corrected chi connectivity index (χ1v) is 3.96. The lowest BCUT2D eigenvalue weighted by Crippen LogP contribution is -1.92. The van der Waals surface area contributed by atoms with Gasteiger partial charge in [-0.05, 0) is 19.8 Å². The summed E-state index contributed by atoms with van der Waals surface area (Å²) in [5.74, 6) is 1.41. The normalized spacial score (nSPS) is 10.4. The van der Waals surface area contributed by atoms with Crippen molar-refractivity contribution in [1.82, 2.24) is 5.16 Å². The summed E-state index contributed by atoms with van der Waals surface area (Å²) in [6, 6.07) is 0. The molecule has 62 valence electrons. The highest BCUT2D eigenvalue weighted by Crippen LogP contribution is 2.17. The average molecular weight is 154 g/mol. The van der Waals surface area contributed by atoms with E-state index >= 15 is 0 Å². The summed E-state index contributed by atoms with van der Waals surface area (Å²) in [6.45, 7) is 4.05. The minimum Gasteiger partial charge on any atom is -0.381 e. The predicted molar refractivity (Wildman–Crippen MR) is 44.3 cm³/mol. The van der Waals surface area contributed by atoms with Gasteiger partial charge in [-0.3, -0.25) is 0 Å². The number of nitrogen functional groups attached to an aromatic ring is 1. The summed E-state index contributed by atoms with van der Waals surface area (Å²) in [4.78, 5) is 0. The van der Waals surface area contributed by atoms with Crippen molar-refractivity contribution in [2.45, 2.75) is 33.1 Å². The van der Waals surface area contributed by atoms with Crippen molar-refractivity contribution in [3.8, 4) is 0 Å². The van der Waals surface area contributed by atoms with E-state index < -0.39 is 0 Å². The molecule has 0 aliphatic carbocycles. The van der Waals surface area contributed by atoms with Crippen LogP contribution in [-0.2, 0) is 6.42 Å². The Balaban J connectivity index is 2.67. The zero-order valence-electron chi connectivity index (χ0n) is 7.05. The molecule has 0 bridgehead atoms. The van der Waals surface area contributed by atoms with E-state index in [0.29, 0.717) is 5.82 Å². The van der Waals surface area contributed by atoms with Gasteiger partial charge in [-0.2, -0.15) is 0 Å². The highest BCUT2D eigenvalue weighted by molar-refractivity contribution is 5.39. The summed E-state index contributed by atoms with van der Waals surface area (Å²) in [5, 5.41) is 3.67. The lowest BCUT2D eigenvalue weighted by molar-refractivity contribution is 0.398. The molecule has 1 heterocycles. The Morgan fingerprint density at radius 1 is 1.55 bits per heavy atom. The maximum Gasteiger partial charge on any atom is 0.170 e. The van der Waals surface area contributed by atoms with Crippen LogP contribution in [0.2, 0.25) is 0 Å². The molecular formula is C8H14N2O. The number of aromatic nitrogens is 1. The Bertz CT molecular complexity index is 210. The first-order chi connectivity index (χ1) is 5.25. The first-order valence-electron chi connectivity index (χ1n) is 3.96. The fourth-order valence-electron chi connectivity index (χ4n) is 1.07. The van der Waals surface area contributed by atoms with Crippen LogP contribution < -0.4 is 5.73 Å². The SMILES string of the molecule is CCCCc1c(N)noc1C. The van der Waals surface area contributed by atoms with E-state index in [2.05, 4.69) is 12.1 Å². The lowest BCUT2D eigenvalue weighted by Gasteiger charge is -1.95. The third-order valence-electron chi connectivity index (χ3n) is 1.80. The van der Waals surface area contributed by atoms with Crippen molar-refractivity contribution in [2.75, 3.05) is 5.73 Å². The molecule has 0 radical (unpaired) electrons. The van der Waals surface area contributed by atoms with E-state index in [9.17, 15) is 0 Å². The van der Waals surface area contributed by atoms with Crippen molar-refractivity contribution in [1.29, 1.82) is 0 Å². The van der Waals surface area contributed by atoms with E-state index in [1.54, 1.807) is 0 Å². The summed E-state index contributed by atoms with van der Waals surface area (Å²) < 4.78 is 4.92. The predicted octanol–water partition coefficient (Wildman–Crippen LogP) is 1.91. The highest BCUT2D eigenvalue weighted by atomic mass is 16.5. The third-order valence-corrected chi connectivity index (χ3v) is 1.80. The smallest absolute Gasteiger partial charge is 0.170 e. The molecule has 0 fully saturated rings. The number of rotatable bonds is 3. The molecule has 0 saturated carbocycles. The number of hydrogen-bond acceptors (Lipinski definition) is 3. The summed E-state index contributed by atoms with van der Waals surface area (Å²) in [6.07, 6.45) is 3.30. The van der Waals surface area contributed by atoms with Gasteiger partial charge in [-0.15, -0.1) is 0 Å². The Morgan fingerprint density at radius 3 is 2.73 bits per heavy atom. The minimum absolute atomic E-state index is 0.552. The van der Waals surface area contributed by atoms with E-state index in [4.69, 9.17) is 10.3 Å². The molecule has 1 rings (SSSR count). The van der Waals surface area contributed by atoms with E-state index in [0.717, 1.165) is 24.2 Å². The van der Waals surface area contributed by atoms with Gasteiger partial charge in [-0.1, -0.05) is 18.5 Å². The molecule has 0 saturated heterocycles. The van der Waals surface area contributed by atoms with Gasteiger partial charge in [0.1, 0.15) is 5.76 Å². The van der Waals surface area contributed by atoms with Gasteiger partial charge in [0.25, 0.3) is 0 Å². The fourth-order valence-corrected chi connectivity index (χ4v) is 1.07. The number of nitrogens with zero attached hydrogens (tertiary/aromatic N) is 1. The molecule has 1 aromatic rings. The lowest BCUT2D eigenvalue weighted by atomic mass is 10.1. The second-order valence-corrected chi connectivity index (χ2v) is 2.71. The summed E-state index contributed by atoms with van der Waals surface area (Å²) in [7, 11) is 0. The third kappa shape index (κ3) is 1.73. The summed E-state index contributed by atoms with van der Waals surface area (Å²) in [5.41, 5.74) is 6.65. The number of aryl methyl sites for hydroxylation is 1. The van der Waals surface area contributed by atoms with Crippen LogP contribution in [-0.4, -0.2) is 5.16 Å². The molecule has 0 aromatic carbocycles. The molecule has 3 heteroatoms. The van der Waals surface area contributed by atoms with Crippen molar-refractivity contribution >= 4 is 5.82 Å². The quantitative estimate of drug-likeness (QED) is 0.723. The standard InChI is InChI=1S/C8H14N2O/c1-3-4-5-7-6(2)11-10-8(7)9/h3-5H2,1-2H3,(H2,9,10). The zero-order chi connectivity index (χ0) is 8.27. The van der Waals surface area contributed by atoms with Crippen LogP contribution in [0.3, 0.4) is 0 Å². The molecule has 0 amide bonds. The summed E-state index contributed by atoms with van der Waals surface area (Å²) >= 11 is 0. The van der Waals surface area contributed by atoms with E-state index in [1.165, 1.54) is 6.42 Å². The van der Waals surface area contributed by atoms with Crippen LogP contribution in [0, 0.1) is 6.92 Å². The molecule has 2 N–H and O–H groups in total. The average Bonchev–Trinajstić information content (AvgIpc) is 2.29. The van der Waals surface area contributed by atoms with Crippen molar-refractivity contribution < 1.29 is 4.52 Å². The highest BCUT2D eigenvalue weighted by Gasteiger charge is 2.07. The number of anilines is 1. The number of hydrogen-bond donors (Lipinski definition) is 1. The van der Waals surface area contributed by atoms with E-state index in [1.807, 2.05) is 6.92 Å². The molecular weight excluding hydrogens is 140 g/mol. The van der Waals surface area contributed by atoms with Crippen LogP contribution in [0.25, 0.3) is 0 Å². The van der Waals surface area contributed by atoms with Gasteiger partial charge in [0.05, 0.1) is 0 Å². The van der Waals surface area contributed by atoms with Crippen LogP contribution in [0.5, 0.6) is 0 Å². The van der Waals surface area contributed by atoms with Crippen LogP contribution >= 0.6 is 0 Å².